The largest absolute Gasteiger partial charge is 0.480 e. The number of primary amides is 1. The Morgan fingerprint density at radius 2 is 1.80 bits per heavy atom. The minimum absolute atomic E-state index is 0.0217. The molecular formula is C26H26F2N6O6S. The maximum atomic E-state index is 13.8. The van der Waals surface area contributed by atoms with E-state index in [1.165, 1.54) is 18.2 Å². The minimum Gasteiger partial charge on any atom is -0.480 e. The van der Waals surface area contributed by atoms with Crippen LogP contribution >= 0.6 is 0 Å². The molecule has 1 atom stereocenters. The number of carbonyl (C=O) groups excluding carboxylic acids is 2. The van der Waals surface area contributed by atoms with E-state index in [0.29, 0.717) is 42.4 Å². The number of hydrogen-bond donors (Lipinski definition) is 4. The second-order valence-corrected chi connectivity index (χ2v) is 12.2. The molecule has 15 heteroatoms. The smallest absolute Gasteiger partial charge is 0.326 e. The van der Waals surface area contributed by atoms with Crippen molar-refractivity contribution in [3.8, 4) is 0 Å². The van der Waals surface area contributed by atoms with E-state index in [2.05, 4.69) is 15.5 Å². The molecule has 0 saturated carbocycles. The van der Waals surface area contributed by atoms with Crippen LogP contribution in [-0.2, 0) is 26.9 Å². The number of halogens is 2. The highest BCUT2D eigenvalue weighted by atomic mass is 32.2. The zero-order chi connectivity index (χ0) is 29.9. The quantitative estimate of drug-likeness (QED) is 0.325. The number of nitrogens with two attached hydrogens (primary N) is 1. The van der Waals surface area contributed by atoms with Crippen LogP contribution in [0.4, 0.5) is 20.3 Å². The molecule has 1 saturated heterocycles. The van der Waals surface area contributed by atoms with Gasteiger partial charge in [0, 0.05) is 30.4 Å². The van der Waals surface area contributed by atoms with Gasteiger partial charge < -0.3 is 21.1 Å². The molecule has 2 amide bonds. The Bertz CT molecular complexity index is 1690. The number of anilines is 2. The molecule has 0 radical (unpaired) electrons. The van der Waals surface area contributed by atoms with Crippen LogP contribution in [0.1, 0.15) is 58.7 Å². The van der Waals surface area contributed by atoms with E-state index in [9.17, 15) is 36.7 Å². The molecule has 0 aliphatic carbocycles. The Morgan fingerprint density at radius 3 is 2.44 bits per heavy atom. The Hall–Kier alpha value is -4.37. The number of aliphatic carboxylic acids is 1. The van der Waals surface area contributed by atoms with Gasteiger partial charge in [0.15, 0.2) is 5.82 Å². The summed E-state index contributed by atoms with van der Waals surface area (Å²) in [7, 11) is -4.39. The zero-order valence-corrected chi connectivity index (χ0v) is 22.8. The molecule has 41 heavy (non-hydrogen) atoms. The summed E-state index contributed by atoms with van der Waals surface area (Å²) in [5, 5.41) is 19.0. The highest BCUT2D eigenvalue weighted by Gasteiger charge is 2.48. The van der Waals surface area contributed by atoms with E-state index in [1.54, 1.807) is 18.7 Å². The third-order valence-electron chi connectivity index (χ3n) is 7.44. The van der Waals surface area contributed by atoms with Crippen LogP contribution in [0.5, 0.6) is 0 Å². The average molecular weight is 589 g/mol. The Balaban J connectivity index is 1.47. The van der Waals surface area contributed by atoms with Crippen molar-refractivity contribution in [2.24, 2.45) is 5.73 Å². The lowest BCUT2D eigenvalue weighted by Crippen LogP contribution is -2.40. The van der Waals surface area contributed by atoms with Gasteiger partial charge in [0.05, 0.1) is 27.3 Å². The number of hydrogen-bond acceptors (Lipinski definition) is 7. The number of fused-ring (bicyclic) bond motifs is 1. The molecule has 0 unspecified atom stereocenters. The van der Waals surface area contributed by atoms with E-state index < -0.39 is 55.9 Å². The molecule has 2 aromatic carbocycles. The van der Waals surface area contributed by atoms with Gasteiger partial charge >= 0.3 is 5.97 Å². The lowest BCUT2D eigenvalue weighted by atomic mass is 10.0. The van der Waals surface area contributed by atoms with Crippen molar-refractivity contribution >= 4 is 39.3 Å². The Kier molecular flexibility index (Phi) is 6.82. The number of carboxylic acid groups (broad SMARTS) is 1. The van der Waals surface area contributed by atoms with Crippen molar-refractivity contribution in [2.75, 3.05) is 16.8 Å². The van der Waals surface area contributed by atoms with E-state index in [1.807, 2.05) is 0 Å². The number of nitrogens with zero attached hydrogens (tertiary/aromatic N) is 3. The fourth-order valence-corrected chi connectivity index (χ4v) is 7.17. The first kappa shape index (κ1) is 28.2. The van der Waals surface area contributed by atoms with Crippen molar-refractivity contribution in [1.82, 2.24) is 14.5 Å². The van der Waals surface area contributed by atoms with Gasteiger partial charge in [-0.25, -0.2) is 22.0 Å². The van der Waals surface area contributed by atoms with Gasteiger partial charge in [-0.3, -0.25) is 14.7 Å². The van der Waals surface area contributed by atoms with Crippen molar-refractivity contribution < 1.29 is 36.7 Å². The van der Waals surface area contributed by atoms with E-state index in [-0.39, 0.29) is 23.5 Å². The lowest BCUT2D eigenvalue weighted by Gasteiger charge is -2.30. The lowest BCUT2D eigenvalue weighted by molar-refractivity contribution is -0.138. The first-order valence-electron chi connectivity index (χ1n) is 12.5. The number of carbonyl (C=O) groups is 3. The molecule has 2 aliphatic heterocycles. The van der Waals surface area contributed by atoms with E-state index in [0.717, 1.165) is 16.4 Å². The van der Waals surface area contributed by atoms with Crippen LogP contribution in [0.3, 0.4) is 0 Å². The third-order valence-corrected chi connectivity index (χ3v) is 9.44. The minimum atomic E-state index is -4.39. The topological polar surface area (TPSA) is 179 Å². The number of sulfonamides is 1. The molecule has 3 heterocycles. The summed E-state index contributed by atoms with van der Waals surface area (Å²) in [5.74, 6) is -4.80. The predicted octanol–water partition coefficient (Wildman–Crippen LogP) is 2.53. The van der Waals surface area contributed by atoms with Crippen molar-refractivity contribution in [3.63, 3.8) is 0 Å². The Morgan fingerprint density at radius 1 is 1.12 bits per heavy atom. The number of aromatic nitrogens is 2. The van der Waals surface area contributed by atoms with Gasteiger partial charge in [0.2, 0.25) is 15.9 Å². The number of rotatable bonds is 7. The number of benzene rings is 2. The fraction of sp³-hybridized carbons (Fsp3) is 0.308. The molecule has 12 nitrogen and oxygen atoms in total. The SMILES string of the molecule is CC1(C)c2[nH]nc(NC(=O)c3cc(N4CCC[C@H]4C(=O)O)ccc3C(N)=O)c2CN1S(=O)(=O)c1cc(F)cc(F)c1. The Labute approximate surface area is 233 Å². The van der Waals surface area contributed by atoms with Gasteiger partial charge in [0.1, 0.15) is 17.7 Å². The van der Waals surface area contributed by atoms with Gasteiger partial charge in [-0.05, 0) is 57.0 Å². The molecular weight excluding hydrogens is 562 g/mol. The summed E-state index contributed by atoms with van der Waals surface area (Å²) in [6, 6.07) is 5.45. The maximum Gasteiger partial charge on any atom is 0.326 e. The number of H-pyrrole nitrogens is 1. The summed E-state index contributed by atoms with van der Waals surface area (Å²) >= 11 is 0. The van der Waals surface area contributed by atoms with Gasteiger partial charge in [-0.1, -0.05) is 0 Å². The number of nitrogens with one attached hydrogen (secondary N) is 2. The number of aromatic amines is 1. The van der Waals surface area contributed by atoms with E-state index in [4.69, 9.17) is 5.73 Å². The summed E-state index contributed by atoms with van der Waals surface area (Å²) in [5.41, 5.74) is 5.09. The summed E-state index contributed by atoms with van der Waals surface area (Å²) in [6.07, 6.45) is 1.05. The average Bonchev–Trinajstić information content (AvgIpc) is 3.59. The number of amides is 2. The maximum absolute atomic E-state index is 13.8. The second kappa shape index (κ2) is 9.92. The summed E-state index contributed by atoms with van der Waals surface area (Å²) < 4.78 is 55.5. The molecule has 1 aromatic heterocycles. The van der Waals surface area contributed by atoms with Crippen LogP contribution in [0, 0.1) is 11.6 Å². The molecule has 5 rings (SSSR count). The second-order valence-electron chi connectivity index (χ2n) is 10.3. The van der Waals surface area contributed by atoms with Crippen LogP contribution in [-0.4, -0.2) is 58.4 Å². The van der Waals surface area contributed by atoms with Crippen LogP contribution in [0.2, 0.25) is 0 Å². The monoisotopic (exact) mass is 588 g/mol. The molecule has 1 fully saturated rings. The van der Waals surface area contributed by atoms with E-state index >= 15 is 0 Å². The van der Waals surface area contributed by atoms with Crippen LogP contribution < -0.4 is 16.0 Å². The fourth-order valence-electron chi connectivity index (χ4n) is 5.41. The molecule has 5 N–H and O–H groups in total. The predicted molar refractivity (Wildman–Crippen MR) is 142 cm³/mol. The highest BCUT2D eigenvalue weighted by Crippen LogP contribution is 2.44. The number of carboxylic acids is 1. The van der Waals surface area contributed by atoms with Gasteiger partial charge in [-0.15, -0.1) is 0 Å². The first-order chi connectivity index (χ1) is 19.2. The van der Waals surface area contributed by atoms with Crippen LogP contribution in [0.25, 0.3) is 0 Å². The summed E-state index contributed by atoms with van der Waals surface area (Å²) in [6.45, 7) is 3.29. The third kappa shape index (κ3) is 4.80. The molecule has 216 valence electrons. The van der Waals surface area contributed by atoms with Crippen molar-refractivity contribution in [1.29, 1.82) is 0 Å². The van der Waals surface area contributed by atoms with Crippen LogP contribution in [0.15, 0.2) is 41.3 Å². The van der Waals surface area contributed by atoms with Gasteiger partial charge in [0.25, 0.3) is 5.91 Å². The standard InChI is InChI=1S/C26H26F2N6O6S/c1-26(2)21-19(12-34(26)41(39,40)16-9-13(27)8-14(28)10-16)23(32-31-21)30-24(36)18-11-15(5-6-17(18)22(29)35)33-7-3-4-20(33)25(37)38/h5-6,8-11,20H,3-4,7,12H2,1-2H3,(H2,29,35)(H,37,38)(H2,30,31,32,36)/t20-/m0/s1. The molecule has 3 aromatic rings. The molecule has 2 aliphatic rings. The zero-order valence-electron chi connectivity index (χ0n) is 21.9. The van der Waals surface area contributed by atoms with Crippen molar-refractivity contribution in [2.45, 2.75) is 49.7 Å². The molecule has 0 bridgehead atoms. The highest BCUT2D eigenvalue weighted by molar-refractivity contribution is 7.89. The summed E-state index contributed by atoms with van der Waals surface area (Å²) in [4.78, 5) is 38.3. The normalized spacial score (nSPS) is 18.3. The van der Waals surface area contributed by atoms with Gasteiger partial charge in [-0.2, -0.15) is 9.40 Å². The first-order valence-corrected chi connectivity index (χ1v) is 14.0. The molecule has 0 spiro atoms. The van der Waals surface area contributed by atoms with Crippen molar-refractivity contribution in [3.05, 3.63) is 70.4 Å².